The molecule has 1 aromatic heterocycles. The molecule has 4 rings (SSSR count). The number of nitrogens with zero attached hydrogens (tertiary/aromatic N) is 1. The Kier molecular flexibility index (Phi) is 2.90. The van der Waals surface area contributed by atoms with Gasteiger partial charge in [0.1, 0.15) is 0 Å². The number of aromatic nitrogens is 1. The third kappa shape index (κ3) is 1.81. The number of benzene rings is 2. The van der Waals surface area contributed by atoms with E-state index in [9.17, 15) is 4.79 Å². The van der Waals surface area contributed by atoms with E-state index in [0.717, 1.165) is 18.2 Å². The van der Waals surface area contributed by atoms with Gasteiger partial charge in [-0.15, -0.1) is 0 Å². The van der Waals surface area contributed by atoms with Gasteiger partial charge < -0.3 is 0 Å². The van der Waals surface area contributed by atoms with Crippen LogP contribution in [-0.2, 0) is 6.42 Å². The van der Waals surface area contributed by atoms with E-state index < -0.39 is 0 Å². The molecule has 0 saturated heterocycles. The van der Waals surface area contributed by atoms with Crippen molar-refractivity contribution in [2.24, 2.45) is 0 Å². The Morgan fingerprint density at radius 2 is 1.85 bits per heavy atom. The van der Waals surface area contributed by atoms with Crippen LogP contribution in [0.15, 0.2) is 53.3 Å². The van der Waals surface area contributed by atoms with Gasteiger partial charge in [-0.2, -0.15) is 0 Å². The third-order valence-corrected chi connectivity index (χ3v) is 6.59. The number of hydrogen-bond donors (Lipinski definition) is 0. The monoisotopic (exact) mass is 329 g/mol. The van der Waals surface area contributed by atoms with Gasteiger partial charge >= 0.3 is 123 Å². The molecule has 0 radical (unpaired) electrons. The van der Waals surface area contributed by atoms with Crippen LogP contribution in [0.5, 0.6) is 0 Å². The van der Waals surface area contributed by atoms with Gasteiger partial charge in [0.2, 0.25) is 0 Å². The first-order chi connectivity index (χ1) is 9.84. The van der Waals surface area contributed by atoms with Crippen molar-refractivity contribution in [1.29, 1.82) is 0 Å². The van der Waals surface area contributed by atoms with Gasteiger partial charge in [0, 0.05) is 0 Å². The summed E-state index contributed by atoms with van der Waals surface area (Å²) >= 11 is 0.128. The first-order valence-electron chi connectivity index (χ1n) is 7.03. The minimum atomic E-state index is 0.128. The van der Waals surface area contributed by atoms with E-state index in [-0.39, 0.29) is 26.3 Å². The zero-order valence-electron chi connectivity index (χ0n) is 11.1. The number of aryl methyl sites for hydroxylation is 1. The fraction of sp³-hybridized carbons (Fsp3) is 0.235. The summed E-state index contributed by atoms with van der Waals surface area (Å²) in [6.07, 6.45) is 3.42. The molecule has 1 unspecified atom stereocenters. The van der Waals surface area contributed by atoms with E-state index in [1.165, 1.54) is 21.8 Å². The summed E-state index contributed by atoms with van der Waals surface area (Å²) in [6, 6.07) is 17.0. The summed E-state index contributed by atoms with van der Waals surface area (Å²) in [7, 11) is 0. The van der Waals surface area contributed by atoms with Crippen LogP contribution in [0.2, 0.25) is 0 Å². The Hall–Kier alpha value is -1.57. The fourth-order valence-electron chi connectivity index (χ4n) is 3.17. The summed E-state index contributed by atoms with van der Waals surface area (Å²) in [5.74, 6) is 0. The third-order valence-electron chi connectivity index (χ3n) is 4.14. The van der Waals surface area contributed by atoms with Gasteiger partial charge in [-0.3, -0.25) is 0 Å². The quantitative estimate of drug-likeness (QED) is 0.630. The normalized spacial score (nSPS) is 18.1. The molecule has 0 spiro atoms. The van der Waals surface area contributed by atoms with Gasteiger partial charge in [0.15, 0.2) is 0 Å². The zero-order valence-corrected chi connectivity index (χ0v) is 12.8. The van der Waals surface area contributed by atoms with Crippen LogP contribution in [-0.4, -0.2) is 18.3 Å². The van der Waals surface area contributed by atoms with E-state index in [0.29, 0.717) is 0 Å². The first-order valence-corrected chi connectivity index (χ1v) is 8.65. The van der Waals surface area contributed by atoms with Gasteiger partial charge in [0.25, 0.3) is 0 Å². The number of fused-ring (bicyclic) bond motifs is 2. The molecule has 2 aromatic carbocycles. The molecule has 0 bridgehead atoms. The summed E-state index contributed by atoms with van der Waals surface area (Å²) in [5, 5.41) is 0.913. The molecule has 1 aliphatic carbocycles. The van der Waals surface area contributed by atoms with Crippen molar-refractivity contribution in [3.05, 3.63) is 70.0 Å². The maximum absolute atomic E-state index is 12.6. The predicted octanol–water partition coefficient (Wildman–Crippen LogP) is 2.98. The Labute approximate surface area is 123 Å². The average Bonchev–Trinajstić information content (AvgIpc) is 2.84. The molecule has 0 aliphatic heterocycles. The van der Waals surface area contributed by atoms with Crippen molar-refractivity contribution in [1.82, 2.24) is 3.56 Å². The predicted molar refractivity (Wildman–Crippen MR) is 82.7 cm³/mol. The van der Waals surface area contributed by atoms with Gasteiger partial charge in [-0.05, 0) is 0 Å². The van der Waals surface area contributed by atoms with Crippen molar-refractivity contribution < 1.29 is 0 Å². The van der Waals surface area contributed by atoms with Crippen LogP contribution in [0.4, 0.5) is 0 Å². The molecular weight excluding hydrogens is 313 g/mol. The molecule has 0 saturated carbocycles. The fourth-order valence-corrected chi connectivity index (χ4v) is 5.54. The van der Waals surface area contributed by atoms with Crippen molar-refractivity contribution >= 4 is 24.4 Å². The molecule has 3 heteroatoms. The van der Waals surface area contributed by atoms with Crippen molar-refractivity contribution in [3.63, 3.8) is 0 Å². The van der Waals surface area contributed by atoms with Crippen LogP contribution >= 0.6 is 0 Å². The molecule has 0 amide bonds. The van der Waals surface area contributed by atoms with Crippen molar-refractivity contribution in [2.45, 2.75) is 25.3 Å². The summed E-state index contributed by atoms with van der Waals surface area (Å²) in [5.41, 5.74) is 3.01. The molecule has 1 aliphatic rings. The Morgan fingerprint density at radius 1 is 1.05 bits per heavy atom. The van der Waals surface area contributed by atoms with Crippen molar-refractivity contribution in [3.8, 4) is 0 Å². The van der Waals surface area contributed by atoms with Crippen LogP contribution in [0.1, 0.15) is 30.0 Å². The van der Waals surface area contributed by atoms with E-state index in [4.69, 9.17) is 0 Å². The number of hydrogen-bond acceptors (Lipinski definition) is 1. The molecule has 3 aromatic rings. The zero-order chi connectivity index (χ0) is 13.5. The SMILES string of the molecule is O=c1c2ccccc2[se]n1C1CCCc2ccccc21. The van der Waals surface area contributed by atoms with Crippen LogP contribution in [0.25, 0.3) is 9.65 Å². The summed E-state index contributed by atoms with van der Waals surface area (Å²) in [6.45, 7) is 0. The molecule has 1 heterocycles. The molecular formula is C17H15NOSe. The molecule has 0 N–H and O–H groups in total. The first kappa shape index (κ1) is 12.2. The van der Waals surface area contributed by atoms with E-state index in [1.807, 2.05) is 18.2 Å². The van der Waals surface area contributed by atoms with Gasteiger partial charge in [0.05, 0.1) is 0 Å². The number of rotatable bonds is 1. The molecule has 0 fully saturated rings. The molecule has 1 atom stereocenters. The van der Waals surface area contributed by atoms with Crippen molar-refractivity contribution in [2.75, 3.05) is 0 Å². The summed E-state index contributed by atoms with van der Waals surface area (Å²) < 4.78 is 3.35. The van der Waals surface area contributed by atoms with Crippen LogP contribution < -0.4 is 5.56 Å². The topological polar surface area (TPSA) is 22.0 Å². The van der Waals surface area contributed by atoms with E-state index >= 15 is 0 Å². The Morgan fingerprint density at radius 3 is 2.75 bits per heavy atom. The molecule has 2 nitrogen and oxygen atoms in total. The second-order valence-electron chi connectivity index (χ2n) is 5.33. The maximum atomic E-state index is 12.6. The molecule has 100 valence electrons. The summed E-state index contributed by atoms with van der Waals surface area (Å²) in [4.78, 5) is 12.6. The molecule has 20 heavy (non-hydrogen) atoms. The van der Waals surface area contributed by atoms with Crippen LogP contribution in [0, 0.1) is 0 Å². The Bertz CT molecular complexity index is 830. The standard InChI is InChI=1S/C17H15NOSe/c19-17-14-9-3-4-11-16(14)20-18(17)15-10-5-7-12-6-1-2-8-13(12)15/h1-4,6,8-9,11,15H,5,7,10H2. The minimum absolute atomic E-state index is 0.128. The van der Waals surface area contributed by atoms with Crippen LogP contribution in [0.3, 0.4) is 0 Å². The van der Waals surface area contributed by atoms with Gasteiger partial charge in [-0.1, -0.05) is 0 Å². The second-order valence-corrected chi connectivity index (χ2v) is 7.46. The Balaban J connectivity index is 1.93. The van der Waals surface area contributed by atoms with Gasteiger partial charge in [-0.25, -0.2) is 0 Å². The second kappa shape index (κ2) is 4.76. The van der Waals surface area contributed by atoms with E-state index in [1.54, 1.807) is 0 Å². The van der Waals surface area contributed by atoms with E-state index in [2.05, 4.69) is 33.9 Å². The average molecular weight is 328 g/mol.